The van der Waals surface area contributed by atoms with Gasteiger partial charge in [-0.15, -0.1) is 11.6 Å². The Hall–Kier alpha value is -1.68. The second kappa shape index (κ2) is 5.75. The molecule has 0 aliphatic rings. The maximum atomic E-state index is 13.9. The highest BCUT2D eigenvalue weighted by Crippen LogP contribution is 2.34. The summed E-state index contributed by atoms with van der Waals surface area (Å²) in [4.78, 5) is 0. The minimum Gasteiger partial charge on any atom is -0.497 e. The van der Waals surface area contributed by atoms with Gasteiger partial charge in [0.15, 0.2) is 0 Å². The van der Waals surface area contributed by atoms with Crippen molar-refractivity contribution in [3.05, 3.63) is 64.5 Å². The molecule has 0 saturated heterocycles. The Morgan fingerprint density at radius 1 is 0.950 bits per heavy atom. The summed E-state index contributed by atoms with van der Waals surface area (Å²) in [5.74, 6) is -1.73. The molecule has 0 saturated carbocycles. The number of ether oxygens (including phenoxy) is 1. The van der Waals surface area contributed by atoms with Crippen molar-refractivity contribution >= 4 is 11.6 Å². The van der Waals surface area contributed by atoms with E-state index in [9.17, 15) is 13.2 Å². The van der Waals surface area contributed by atoms with E-state index in [1.807, 2.05) is 0 Å². The molecular formula is C15H12ClF3O. The SMILES string of the molecule is COc1ccc(C(Cl)c2cc(C)c(F)cc2F)c(F)c1. The number of alkyl halides is 1. The summed E-state index contributed by atoms with van der Waals surface area (Å²) >= 11 is 6.12. The van der Waals surface area contributed by atoms with Crippen molar-refractivity contribution in [2.75, 3.05) is 7.11 Å². The number of aryl methyl sites for hydroxylation is 1. The maximum Gasteiger partial charge on any atom is 0.131 e. The van der Waals surface area contributed by atoms with E-state index in [1.165, 1.54) is 38.3 Å². The van der Waals surface area contributed by atoms with E-state index in [2.05, 4.69) is 0 Å². The zero-order valence-corrected chi connectivity index (χ0v) is 11.6. The minimum atomic E-state index is -1.04. The van der Waals surface area contributed by atoms with Gasteiger partial charge in [0, 0.05) is 23.3 Å². The number of methoxy groups -OCH3 is 1. The Morgan fingerprint density at radius 2 is 1.60 bits per heavy atom. The second-order valence-corrected chi connectivity index (χ2v) is 4.81. The van der Waals surface area contributed by atoms with Crippen molar-refractivity contribution in [2.24, 2.45) is 0 Å². The monoisotopic (exact) mass is 300 g/mol. The van der Waals surface area contributed by atoms with Crippen LogP contribution in [0.15, 0.2) is 30.3 Å². The summed E-state index contributed by atoms with van der Waals surface area (Å²) in [7, 11) is 1.41. The van der Waals surface area contributed by atoms with Crippen LogP contribution in [-0.2, 0) is 0 Å². The van der Waals surface area contributed by atoms with Crippen molar-refractivity contribution in [3.63, 3.8) is 0 Å². The Balaban J connectivity index is 2.46. The van der Waals surface area contributed by atoms with Gasteiger partial charge in [0.25, 0.3) is 0 Å². The highest BCUT2D eigenvalue weighted by atomic mass is 35.5. The van der Waals surface area contributed by atoms with E-state index < -0.39 is 22.8 Å². The van der Waals surface area contributed by atoms with Crippen molar-refractivity contribution in [2.45, 2.75) is 12.3 Å². The van der Waals surface area contributed by atoms with Gasteiger partial charge in [-0.25, -0.2) is 13.2 Å². The fourth-order valence-electron chi connectivity index (χ4n) is 1.88. The number of halogens is 4. The van der Waals surface area contributed by atoms with Crippen LogP contribution in [0.5, 0.6) is 5.75 Å². The molecule has 0 aromatic heterocycles. The highest BCUT2D eigenvalue weighted by molar-refractivity contribution is 6.22. The smallest absolute Gasteiger partial charge is 0.131 e. The predicted molar refractivity (Wildman–Crippen MR) is 71.7 cm³/mol. The lowest BCUT2D eigenvalue weighted by molar-refractivity contribution is 0.410. The maximum absolute atomic E-state index is 13.9. The van der Waals surface area contributed by atoms with E-state index in [0.717, 1.165) is 6.07 Å². The van der Waals surface area contributed by atoms with Gasteiger partial charge in [-0.1, -0.05) is 6.07 Å². The van der Waals surface area contributed by atoms with Gasteiger partial charge < -0.3 is 4.74 Å². The van der Waals surface area contributed by atoms with Crippen LogP contribution in [0.2, 0.25) is 0 Å². The summed E-state index contributed by atoms with van der Waals surface area (Å²) in [5.41, 5.74) is 0.396. The first-order valence-electron chi connectivity index (χ1n) is 5.87. The molecule has 2 aromatic rings. The molecule has 1 unspecified atom stereocenters. The molecule has 1 nitrogen and oxygen atoms in total. The second-order valence-electron chi connectivity index (χ2n) is 4.37. The first kappa shape index (κ1) is 14.7. The van der Waals surface area contributed by atoms with E-state index in [-0.39, 0.29) is 16.7 Å². The summed E-state index contributed by atoms with van der Waals surface area (Å²) in [6.07, 6.45) is 0. The lowest BCUT2D eigenvalue weighted by atomic mass is 10.0. The van der Waals surface area contributed by atoms with Crippen LogP contribution < -0.4 is 4.74 Å². The topological polar surface area (TPSA) is 9.23 Å². The zero-order valence-electron chi connectivity index (χ0n) is 10.9. The Morgan fingerprint density at radius 3 is 2.20 bits per heavy atom. The van der Waals surface area contributed by atoms with Gasteiger partial charge in [0.1, 0.15) is 23.2 Å². The van der Waals surface area contributed by atoms with Crippen LogP contribution in [0.4, 0.5) is 13.2 Å². The van der Waals surface area contributed by atoms with Crippen molar-refractivity contribution in [1.29, 1.82) is 0 Å². The molecule has 0 fully saturated rings. The molecule has 0 aliphatic carbocycles. The largest absolute Gasteiger partial charge is 0.497 e. The first-order chi connectivity index (χ1) is 9.43. The average molecular weight is 301 g/mol. The van der Waals surface area contributed by atoms with Crippen LogP contribution in [0, 0.1) is 24.4 Å². The predicted octanol–water partition coefficient (Wildman–Crippen LogP) is 4.75. The van der Waals surface area contributed by atoms with Crippen molar-refractivity contribution < 1.29 is 17.9 Å². The summed E-state index contributed by atoms with van der Waals surface area (Å²) < 4.78 is 45.8. The van der Waals surface area contributed by atoms with Gasteiger partial charge >= 0.3 is 0 Å². The van der Waals surface area contributed by atoms with Gasteiger partial charge in [-0.05, 0) is 24.6 Å². The van der Waals surface area contributed by atoms with Crippen molar-refractivity contribution in [1.82, 2.24) is 0 Å². The first-order valence-corrected chi connectivity index (χ1v) is 6.30. The Bertz CT molecular complexity index is 643. The van der Waals surface area contributed by atoms with E-state index in [4.69, 9.17) is 16.3 Å². The van der Waals surface area contributed by atoms with E-state index in [1.54, 1.807) is 0 Å². The molecule has 2 aromatic carbocycles. The minimum absolute atomic E-state index is 0.0367. The molecule has 0 spiro atoms. The number of hydrogen-bond acceptors (Lipinski definition) is 1. The standard InChI is InChI=1S/C15H12ClF3O/c1-8-5-11(14(19)7-12(8)17)15(16)10-4-3-9(20-2)6-13(10)18/h3-7,15H,1-2H3. The van der Waals surface area contributed by atoms with Crippen LogP contribution in [-0.4, -0.2) is 7.11 Å². The molecule has 106 valence electrons. The molecule has 0 aliphatic heterocycles. The summed E-state index contributed by atoms with van der Waals surface area (Å²) in [6, 6.07) is 6.15. The molecule has 0 radical (unpaired) electrons. The third kappa shape index (κ3) is 2.75. The average Bonchev–Trinajstić information content (AvgIpc) is 2.42. The van der Waals surface area contributed by atoms with Crippen LogP contribution in [0.3, 0.4) is 0 Å². The van der Waals surface area contributed by atoms with Crippen molar-refractivity contribution in [3.8, 4) is 5.75 Å². The molecule has 5 heteroatoms. The molecule has 0 N–H and O–H groups in total. The third-order valence-corrected chi connectivity index (χ3v) is 3.50. The van der Waals surface area contributed by atoms with Gasteiger partial charge in [0.2, 0.25) is 0 Å². The fraction of sp³-hybridized carbons (Fsp3) is 0.200. The molecule has 2 rings (SSSR count). The Kier molecular flexibility index (Phi) is 4.23. The van der Waals surface area contributed by atoms with Gasteiger partial charge in [0.05, 0.1) is 12.5 Å². The Labute approximate surface area is 119 Å². The summed E-state index contributed by atoms with van der Waals surface area (Å²) in [5, 5.41) is -1.04. The number of rotatable bonds is 3. The van der Waals surface area contributed by atoms with Crippen LogP contribution in [0.1, 0.15) is 22.1 Å². The van der Waals surface area contributed by atoms with Gasteiger partial charge in [-0.3, -0.25) is 0 Å². The van der Waals surface area contributed by atoms with E-state index >= 15 is 0 Å². The van der Waals surface area contributed by atoms with Crippen LogP contribution >= 0.6 is 11.6 Å². The van der Waals surface area contributed by atoms with E-state index in [0.29, 0.717) is 5.75 Å². The molecule has 0 bridgehead atoms. The fourth-order valence-corrected chi connectivity index (χ4v) is 2.23. The van der Waals surface area contributed by atoms with Crippen LogP contribution in [0.25, 0.3) is 0 Å². The number of hydrogen-bond donors (Lipinski definition) is 0. The normalized spacial score (nSPS) is 12.3. The molecule has 20 heavy (non-hydrogen) atoms. The molecular weight excluding hydrogens is 289 g/mol. The summed E-state index contributed by atoms with van der Waals surface area (Å²) in [6.45, 7) is 1.49. The zero-order chi connectivity index (χ0) is 14.9. The molecule has 0 heterocycles. The lowest BCUT2D eigenvalue weighted by Gasteiger charge is -2.14. The molecule has 1 atom stereocenters. The lowest BCUT2D eigenvalue weighted by Crippen LogP contribution is -2.02. The third-order valence-electron chi connectivity index (χ3n) is 3.03. The number of benzene rings is 2. The highest BCUT2D eigenvalue weighted by Gasteiger charge is 2.20. The quantitative estimate of drug-likeness (QED) is 0.743. The molecule has 0 amide bonds. The van der Waals surface area contributed by atoms with Gasteiger partial charge in [-0.2, -0.15) is 0 Å².